The van der Waals surface area contributed by atoms with Crippen molar-refractivity contribution in [3.8, 4) is 0 Å². The highest BCUT2D eigenvalue weighted by atomic mass is 16.5. The van der Waals surface area contributed by atoms with Gasteiger partial charge < -0.3 is 15.0 Å². The van der Waals surface area contributed by atoms with E-state index in [9.17, 15) is 0 Å². The summed E-state index contributed by atoms with van der Waals surface area (Å²) in [7, 11) is 1.79. The first-order valence-corrected chi connectivity index (χ1v) is 7.12. The summed E-state index contributed by atoms with van der Waals surface area (Å²) in [6, 6.07) is 0.487. The van der Waals surface area contributed by atoms with E-state index in [0.717, 1.165) is 31.5 Å². The number of hydrogen-bond acceptors (Lipinski definition) is 3. The average Bonchev–Trinajstić information content (AvgIpc) is 2.31. The zero-order valence-corrected chi connectivity index (χ0v) is 12.0. The van der Waals surface area contributed by atoms with Crippen LogP contribution in [0.15, 0.2) is 0 Å². The molecule has 0 aliphatic carbocycles. The molecule has 1 N–H and O–H groups in total. The van der Waals surface area contributed by atoms with Crippen molar-refractivity contribution in [2.24, 2.45) is 11.8 Å². The van der Waals surface area contributed by atoms with Gasteiger partial charge in [0.15, 0.2) is 0 Å². The van der Waals surface area contributed by atoms with Gasteiger partial charge in [0, 0.05) is 26.2 Å². The van der Waals surface area contributed by atoms with Crippen LogP contribution < -0.4 is 5.32 Å². The van der Waals surface area contributed by atoms with Crippen LogP contribution in [-0.4, -0.2) is 50.8 Å². The zero-order chi connectivity index (χ0) is 12.7. The van der Waals surface area contributed by atoms with Crippen LogP contribution in [0.1, 0.15) is 33.6 Å². The van der Waals surface area contributed by atoms with Gasteiger partial charge in [-0.05, 0) is 37.8 Å². The molecule has 1 saturated heterocycles. The molecule has 1 rings (SSSR count). The van der Waals surface area contributed by atoms with Crippen LogP contribution >= 0.6 is 0 Å². The fraction of sp³-hybridized carbons (Fsp3) is 1.00. The lowest BCUT2D eigenvalue weighted by molar-refractivity contribution is 0.0978. The number of hydrogen-bond donors (Lipinski definition) is 1. The Morgan fingerprint density at radius 1 is 1.35 bits per heavy atom. The number of rotatable bonds is 7. The van der Waals surface area contributed by atoms with E-state index < -0.39 is 0 Å². The van der Waals surface area contributed by atoms with Gasteiger partial charge >= 0.3 is 0 Å². The summed E-state index contributed by atoms with van der Waals surface area (Å²) < 4.78 is 5.30. The molecule has 0 aromatic carbocycles. The molecule has 0 saturated carbocycles. The van der Waals surface area contributed by atoms with Gasteiger partial charge in [-0.1, -0.05) is 20.8 Å². The number of piperidine rings is 1. The van der Waals surface area contributed by atoms with Crippen molar-refractivity contribution in [2.45, 2.75) is 39.7 Å². The largest absolute Gasteiger partial charge is 0.383 e. The van der Waals surface area contributed by atoms with E-state index in [1.165, 1.54) is 25.9 Å². The third kappa shape index (κ3) is 5.36. The molecule has 1 fully saturated rings. The lowest BCUT2D eigenvalue weighted by Crippen LogP contribution is -2.48. The van der Waals surface area contributed by atoms with E-state index in [4.69, 9.17) is 4.74 Å². The van der Waals surface area contributed by atoms with Gasteiger partial charge in [-0.25, -0.2) is 0 Å². The van der Waals surface area contributed by atoms with Crippen molar-refractivity contribution in [1.29, 1.82) is 0 Å². The highest BCUT2D eigenvalue weighted by Gasteiger charge is 2.24. The predicted molar refractivity (Wildman–Crippen MR) is 73.3 cm³/mol. The van der Waals surface area contributed by atoms with Crippen LogP contribution in [0.2, 0.25) is 0 Å². The molecule has 0 bridgehead atoms. The molecule has 0 aromatic rings. The smallest absolute Gasteiger partial charge is 0.0628 e. The quantitative estimate of drug-likeness (QED) is 0.739. The molecule has 0 radical (unpaired) electrons. The first-order chi connectivity index (χ1) is 8.17. The lowest BCUT2D eigenvalue weighted by Gasteiger charge is -2.37. The molecule has 3 atom stereocenters. The van der Waals surface area contributed by atoms with E-state index in [1.807, 2.05) is 0 Å². The Kier molecular flexibility index (Phi) is 7.09. The van der Waals surface area contributed by atoms with Gasteiger partial charge in [-0.3, -0.25) is 0 Å². The third-order valence-electron chi connectivity index (χ3n) is 3.95. The second kappa shape index (κ2) is 8.06. The summed E-state index contributed by atoms with van der Waals surface area (Å²) in [5.41, 5.74) is 0. The molecule has 0 amide bonds. The summed E-state index contributed by atoms with van der Waals surface area (Å²) in [6.45, 7) is 12.5. The van der Waals surface area contributed by atoms with Crippen LogP contribution in [-0.2, 0) is 4.74 Å². The minimum Gasteiger partial charge on any atom is -0.383 e. The first kappa shape index (κ1) is 14.9. The van der Waals surface area contributed by atoms with Crippen molar-refractivity contribution >= 4 is 0 Å². The van der Waals surface area contributed by atoms with E-state index >= 15 is 0 Å². The standard InChI is InChI=1S/C14H30N2O/c1-5-7-15-14(11-17-4)10-16-8-6-12(2)13(3)9-16/h12-15H,5-11H2,1-4H3. The topological polar surface area (TPSA) is 24.5 Å². The minimum absolute atomic E-state index is 0.487. The molecule has 1 aliphatic rings. The Labute approximate surface area is 107 Å². The van der Waals surface area contributed by atoms with Crippen molar-refractivity contribution in [1.82, 2.24) is 10.2 Å². The van der Waals surface area contributed by atoms with E-state index in [2.05, 4.69) is 31.0 Å². The average molecular weight is 242 g/mol. The number of nitrogens with zero attached hydrogens (tertiary/aromatic N) is 1. The Morgan fingerprint density at radius 2 is 2.12 bits per heavy atom. The van der Waals surface area contributed by atoms with Crippen LogP contribution in [0.5, 0.6) is 0 Å². The summed E-state index contributed by atoms with van der Waals surface area (Å²) in [5, 5.41) is 3.58. The molecule has 0 aromatic heterocycles. The monoisotopic (exact) mass is 242 g/mol. The van der Waals surface area contributed by atoms with Gasteiger partial charge in [0.05, 0.1) is 6.61 Å². The molecule has 3 nitrogen and oxygen atoms in total. The molecular formula is C14H30N2O. The Bertz CT molecular complexity index is 197. The van der Waals surface area contributed by atoms with Gasteiger partial charge in [0.25, 0.3) is 0 Å². The second-order valence-corrected chi connectivity index (χ2v) is 5.61. The maximum absolute atomic E-state index is 5.30. The fourth-order valence-electron chi connectivity index (χ4n) is 2.55. The highest BCUT2D eigenvalue weighted by molar-refractivity contribution is 4.79. The molecule has 1 heterocycles. The van der Waals surface area contributed by atoms with Gasteiger partial charge in [0.2, 0.25) is 0 Å². The zero-order valence-electron chi connectivity index (χ0n) is 12.0. The summed E-state index contributed by atoms with van der Waals surface area (Å²) in [5.74, 6) is 1.72. The molecule has 3 heteroatoms. The van der Waals surface area contributed by atoms with Crippen molar-refractivity contribution in [3.63, 3.8) is 0 Å². The second-order valence-electron chi connectivity index (χ2n) is 5.61. The van der Waals surface area contributed by atoms with Crippen LogP contribution in [0.3, 0.4) is 0 Å². The van der Waals surface area contributed by atoms with Gasteiger partial charge in [-0.2, -0.15) is 0 Å². The molecular weight excluding hydrogens is 212 g/mol. The summed E-state index contributed by atoms with van der Waals surface area (Å²) >= 11 is 0. The Balaban J connectivity index is 2.33. The van der Waals surface area contributed by atoms with Crippen LogP contribution in [0, 0.1) is 11.8 Å². The first-order valence-electron chi connectivity index (χ1n) is 7.12. The fourth-order valence-corrected chi connectivity index (χ4v) is 2.55. The summed E-state index contributed by atoms with van der Waals surface area (Å²) in [6.07, 6.45) is 2.53. The number of methoxy groups -OCH3 is 1. The number of nitrogens with one attached hydrogen (secondary N) is 1. The van der Waals surface area contributed by atoms with Crippen LogP contribution in [0.25, 0.3) is 0 Å². The van der Waals surface area contributed by atoms with Crippen LogP contribution in [0.4, 0.5) is 0 Å². The maximum atomic E-state index is 5.30. The molecule has 1 aliphatic heterocycles. The normalized spacial score (nSPS) is 28.2. The molecule has 17 heavy (non-hydrogen) atoms. The van der Waals surface area contributed by atoms with Crippen molar-refractivity contribution in [3.05, 3.63) is 0 Å². The Morgan fingerprint density at radius 3 is 2.71 bits per heavy atom. The highest BCUT2D eigenvalue weighted by Crippen LogP contribution is 2.22. The SMILES string of the molecule is CCCNC(COC)CN1CCC(C)C(C)C1. The molecule has 0 spiro atoms. The molecule has 3 unspecified atom stereocenters. The summed E-state index contributed by atoms with van der Waals surface area (Å²) in [4.78, 5) is 2.59. The maximum Gasteiger partial charge on any atom is 0.0628 e. The van der Waals surface area contributed by atoms with E-state index in [0.29, 0.717) is 6.04 Å². The van der Waals surface area contributed by atoms with Gasteiger partial charge in [-0.15, -0.1) is 0 Å². The minimum atomic E-state index is 0.487. The Hall–Kier alpha value is -0.120. The number of likely N-dealkylation sites (tertiary alicyclic amines) is 1. The predicted octanol–water partition coefficient (Wildman–Crippen LogP) is 1.98. The van der Waals surface area contributed by atoms with E-state index in [-0.39, 0.29) is 0 Å². The lowest BCUT2D eigenvalue weighted by atomic mass is 9.88. The van der Waals surface area contributed by atoms with Gasteiger partial charge in [0.1, 0.15) is 0 Å². The van der Waals surface area contributed by atoms with Crippen molar-refractivity contribution < 1.29 is 4.74 Å². The van der Waals surface area contributed by atoms with Crippen molar-refractivity contribution in [2.75, 3.05) is 39.9 Å². The third-order valence-corrected chi connectivity index (χ3v) is 3.95. The van der Waals surface area contributed by atoms with E-state index in [1.54, 1.807) is 7.11 Å². The molecule has 102 valence electrons. The number of ether oxygens (including phenoxy) is 1.